The Morgan fingerprint density at radius 1 is 1.07 bits per heavy atom. The number of carbonyl (C=O) groups is 1. The van der Waals surface area contributed by atoms with Crippen LogP contribution in [0.2, 0.25) is 0 Å². The summed E-state index contributed by atoms with van der Waals surface area (Å²) in [7, 11) is 0. The normalized spacial score (nSPS) is 22.2. The first-order valence-corrected chi connectivity index (χ1v) is 10.8. The molecular formula is C25H32N2O. The van der Waals surface area contributed by atoms with E-state index >= 15 is 0 Å². The number of hydrogen-bond acceptors (Lipinski definition) is 2. The Hall–Kier alpha value is -2.13. The molecule has 2 aromatic carbocycles. The molecule has 148 valence electrons. The van der Waals surface area contributed by atoms with Crippen molar-refractivity contribution < 1.29 is 4.79 Å². The molecule has 1 fully saturated rings. The summed E-state index contributed by atoms with van der Waals surface area (Å²) in [5, 5.41) is 0. The monoisotopic (exact) mass is 376 g/mol. The lowest BCUT2D eigenvalue weighted by molar-refractivity contribution is -0.122. The van der Waals surface area contributed by atoms with E-state index in [4.69, 9.17) is 5.73 Å². The number of carbonyl (C=O) groups excluding carboxylic acids is 1. The Balaban J connectivity index is 1.62. The maximum absolute atomic E-state index is 12.9. The van der Waals surface area contributed by atoms with Gasteiger partial charge in [0.2, 0.25) is 5.91 Å². The Labute approximate surface area is 168 Å². The molecule has 2 atom stereocenters. The van der Waals surface area contributed by atoms with Crippen LogP contribution in [-0.4, -0.2) is 29.9 Å². The van der Waals surface area contributed by atoms with Crippen molar-refractivity contribution in [3.8, 4) is 11.1 Å². The van der Waals surface area contributed by atoms with Gasteiger partial charge in [0.15, 0.2) is 0 Å². The van der Waals surface area contributed by atoms with E-state index in [-0.39, 0.29) is 5.91 Å². The summed E-state index contributed by atoms with van der Waals surface area (Å²) in [4.78, 5) is 15.5. The lowest BCUT2D eigenvalue weighted by atomic mass is 9.74. The molecule has 3 heteroatoms. The van der Waals surface area contributed by atoms with Crippen molar-refractivity contribution in [3.63, 3.8) is 0 Å². The highest BCUT2D eigenvalue weighted by atomic mass is 16.1. The van der Waals surface area contributed by atoms with Gasteiger partial charge in [0.25, 0.3) is 0 Å². The predicted molar refractivity (Wildman–Crippen MR) is 115 cm³/mol. The highest BCUT2D eigenvalue weighted by Crippen LogP contribution is 2.51. The molecule has 28 heavy (non-hydrogen) atoms. The van der Waals surface area contributed by atoms with Gasteiger partial charge >= 0.3 is 0 Å². The van der Waals surface area contributed by atoms with Crippen LogP contribution in [0.4, 0.5) is 0 Å². The van der Waals surface area contributed by atoms with E-state index in [2.05, 4.69) is 43.0 Å². The fraction of sp³-hybridized carbons (Fsp3) is 0.480. The van der Waals surface area contributed by atoms with Gasteiger partial charge in [-0.25, -0.2) is 0 Å². The SMILES string of the molecule is CCN(CCCC1(C(N)=O)c2ccccc2-c2ccccc21)C1CCCC1C. The van der Waals surface area contributed by atoms with E-state index < -0.39 is 5.41 Å². The van der Waals surface area contributed by atoms with Crippen LogP contribution in [0, 0.1) is 5.92 Å². The third kappa shape index (κ3) is 2.97. The van der Waals surface area contributed by atoms with Crippen LogP contribution < -0.4 is 5.73 Å². The molecule has 1 amide bonds. The lowest BCUT2D eigenvalue weighted by Gasteiger charge is -2.33. The van der Waals surface area contributed by atoms with Crippen molar-refractivity contribution in [2.75, 3.05) is 13.1 Å². The van der Waals surface area contributed by atoms with E-state index in [1.54, 1.807) is 0 Å². The van der Waals surface area contributed by atoms with Gasteiger partial charge in [0.1, 0.15) is 0 Å². The molecule has 2 N–H and O–H groups in total. The van der Waals surface area contributed by atoms with Crippen LogP contribution in [0.5, 0.6) is 0 Å². The van der Waals surface area contributed by atoms with Crippen LogP contribution in [-0.2, 0) is 10.2 Å². The Bertz CT molecular complexity index is 814. The molecule has 0 bridgehead atoms. The second-order valence-electron chi connectivity index (χ2n) is 8.57. The molecule has 0 aliphatic heterocycles. The zero-order valence-corrected chi connectivity index (χ0v) is 17.2. The minimum atomic E-state index is -0.701. The second-order valence-corrected chi connectivity index (χ2v) is 8.57. The van der Waals surface area contributed by atoms with E-state index in [9.17, 15) is 4.79 Å². The smallest absolute Gasteiger partial charge is 0.232 e. The van der Waals surface area contributed by atoms with Gasteiger partial charge in [-0.05, 0) is 66.9 Å². The van der Waals surface area contributed by atoms with Crippen LogP contribution in [0.25, 0.3) is 11.1 Å². The van der Waals surface area contributed by atoms with Crippen molar-refractivity contribution >= 4 is 5.91 Å². The third-order valence-corrected chi connectivity index (χ3v) is 7.17. The van der Waals surface area contributed by atoms with Gasteiger partial charge < -0.3 is 10.6 Å². The van der Waals surface area contributed by atoms with E-state index in [0.29, 0.717) is 6.04 Å². The van der Waals surface area contributed by atoms with Crippen molar-refractivity contribution in [1.82, 2.24) is 4.90 Å². The second kappa shape index (κ2) is 7.71. The standard InChI is InChI=1S/C25H32N2O/c1-3-27(23-15-8-10-18(23)2)17-9-16-25(24(26)28)21-13-6-4-11-19(21)20-12-5-7-14-22(20)25/h4-7,11-14,18,23H,3,8-10,15-17H2,1-2H3,(H2,26,28). The molecule has 0 spiro atoms. The number of primary amides is 1. The van der Waals surface area contributed by atoms with Crippen molar-refractivity contribution in [2.45, 2.75) is 57.4 Å². The van der Waals surface area contributed by atoms with Crippen molar-refractivity contribution in [1.29, 1.82) is 0 Å². The zero-order valence-electron chi connectivity index (χ0n) is 17.2. The zero-order chi connectivity index (χ0) is 19.7. The van der Waals surface area contributed by atoms with Crippen LogP contribution in [0.1, 0.15) is 57.1 Å². The summed E-state index contributed by atoms with van der Waals surface area (Å²) in [6.07, 6.45) is 5.74. The lowest BCUT2D eigenvalue weighted by Crippen LogP contribution is -2.42. The fourth-order valence-electron chi connectivity index (χ4n) is 5.76. The van der Waals surface area contributed by atoms with Crippen LogP contribution >= 0.6 is 0 Å². The van der Waals surface area contributed by atoms with Gasteiger partial charge in [-0.3, -0.25) is 4.79 Å². The van der Waals surface area contributed by atoms with E-state index in [1.807, 2.05) is 24.3 Å². The molecule has 2 aliphatic rings. The first kappa shape index (κ1) is 19.2. The molecule has 0 heterocycles. The molecule has 0 radical (unpaired) electrons. The summed E-state index contributed by atoms with van der Waals surface area (Å²) < 4.78 is 0. The average molecular weight is 377 g/mol. The number of benzene rings is 2. The molecule has 4 rings (SSSR count). The first-order valence-electron chi connectivity index (χ1n) is 10.8. The highest BCUT2D eigenvalue weighted by molar-refractivity contribution is 5.99. The summed E-state index contributed by atoms with van der Waals surface area (Å²) in [6, 6.07) is 17.3. The minimum absolute atomic E-state index is 0.220. The van der Waals surface area contributed by atoms with Crippen LogP contribution in [0.15, 0.2) is 48.5 Å². The molecule has 2 unspecified atom stereocenters. The number of fused-ring (bicyclic) bond motifs is 3. The Kier molecular flexibility index (Phi) is 5.29. The van der Waals surface area contributed by atoms with Gasteiger partial charge in [0, 0.05) is 6.04 Å². The summed E-state index contributed by atoms with van der Waals surface area (Å²) in [6.45, 7) is 6.75. The maximum atomic E-state index is 12.9. The van der Waals surface area contributed by atoms with E-state index in [1.165, 1.54) is 19.3 Å². The third-order valence-electron chi connectivity index (χ3n) is 7.17. The van der Waals surface area contributed by atoms with Crippen molar-refractivity contribution in [2.24, 2.45) is 11.7 Å². The first-order chi connectivity index (χ1) is 13.6. The number of nitrogens with zero attached hydrogens (tertiary/aromatic N) is 1. The Morgan fingerprint density at radius 3 is 2.18 bits per heavy atom. The van der Waals surface area contributed by atoms with E-state index in [0.717, 1.165) is 54.1 Å². The summed E-state index contributed by atoms with van der Waals surface area (Å²) >= 11 is 0. The maximum Gasteiger partial charge on any atom is 0.232 e. The number of amides is 1. The number of hydrogen-bond donors (Lipinski definition) is 1. The highest BCUT2D eigenvalue weighted by Gasteiger charge is 2.47. The Morgan fingerprint density at radius 2 is 1.68 bits per heavy atom. The van der Waals surface area contributed by atoms with Crippen molar-refractivity contribution in [3.05, 3.63) is 59.7 Å². The summed E-state index contributed by atoms with van der Waals surface area (Å²) in [5.41, 5.74) is 9.89. The molecule has 3 nitrogen and oxygen atoms in total. The molecule has 0 saturated heterocycles. The van der Waals surface area contributed by atoms with Gasteiger partial charge in [0.05, 0.1) is 5.41 Å². The summed E-state index contributed by atoms with van der Waals surface area (Å²) in [5.74, 6) is 0.556. The molecule has 0 aromatic heterocycles. The molecule has 2 aromatic rings. The predicted octanol–water partition coefficient (Wildman–Crippen LogP) is 4.73. The number of rotatable bonds is 7. The fourth-order valence-corrected chi connectivity index (χ4v) is 5.76. The van der Waals surface area contributed by atoms with Gasteiger partial charge in [-0.1, -0.05) is 68.8 Å². The quantitative estimate of drug-likeness (QED) is 0.759. The topological polar surface area (TPSA) is 46.3 Å². The molecule has 2 aliphatic carbocycles. The molecule has 1 saturated carbocycles. The minimum Gasteiger partial charge on any atom is -0.369 e. The number of nitrogens with two attached hydrogens (primary N) is 1. The average Bonchev–Trinajstić information content (AvgIpc) is 3.26. The van der Waals surface area contributed by atoms with Crippen LogP contribution in [0.3, 0.4) is 0 Å². The molecular weight excluding hydrogens is 344 g/mol. The van der Waals surface area contributed by atoms with Gasteiger partial charge in [-0.2, -0.15) is 0 Å². The van der Waals surface area contributed by atoms with Gasteiger partial charge in [-0.15, -0.1) is 0 Å². The largest absolute Gasteiger partial charge is 0.369 e.